The first-order chi connectivity index (χ1) is 21.5. The van der Waals surface area contributed by atoms with Gasteiger partial charge in [-0.15, -0.1) is 0 Å². The van der Waals surface area contributed by atoms with Gasteiger partial charge < -0.3 is 14.4 Å². The van der Waals surface area contributed by atoms with Crippen LogP contribution in [0.5, 0.6) is 5.75 Å². The molecular formula is C36H32ClNO7. The van der Waals surface area contributed by atoms with Crippen LogP contribution in [0.2, 0.25) is 5.02 Å². The van der Waals surface area contributed by atoms with Crippen LogP contribution in [-0.4, -0.2) is 40.1 Å². The van der Waals surface area contributed by atoms with Crippen molar-refractivity contribution in [3.8, 4) is 16.9 Å². The molecule has 9 heteroatoms. The first-order valence-corrected chi connectivity index (χ1v) is 15.0. The number of ether oxygens (including phenoxy) is 1. The van der Waals surface area contributed by atoms with Gasteiger partial charge in [-0.25, -0.2) is 4.79 Å². The number of halogens is 1. The first kappa shape index (κ1) is 31.6. The average molecular weight is 626 g/mol. The predicted molar refractivity (Wildman–Crippen MR) is 170 cm³/mol. The SMILES string of the molecule is COc1cn(C(Cc2ccc(CC(=O)C3CC3)cc2)C(=O)Cc2ccc(C(=O)O)cc2)c(=O)cc1-c1cc(Cl)ccc1C(C)=O. The van der Waals surface area contributed by atoms with Gasteiger partial charge in [0, 0.05) is 47.4 Å². The van der Waals surface area contributed by atoms with Crippen molar-refractivity contribution in [1.82, 2.24) is 4.57 Å². The second-order valence-electron chi connectivity index (χ2n) is 11.3. The number of carboxylic acid groups (broad SMARTS) is 1. The minimum absolute atomic E-state index is 0.0438. The van der Waals surface area contributed by atoms with Crippen molar-refractivity contribution in [1.29, 1.82) is 0 Å². The van der Waals surface area contributed by atoms with Gasteiger partial charge in [-0.1, -0.05) is 48.0 Å². The Morgan fingerprint density at radius 2 is 1.51 bits per heavy atom. The summed E-state index contributed by atoms with van der Waals surface area (Å²) >= 11 is 6.25. The normalized spacial score (nSPS) is 13.2. The lowest BCUT2D eigenvalue weighted by Crippen LogP contribution is -2.32. The van der Waals surface area contributed by atoms with Crippen LogP contribution in [0.4, 0.5) is 0 Å². The molecule has 0 radical (unpaired) electrons. The number of methoxy groups -OCH3 is 1. The molecule has 0 spiro atoms. The van der Waals surface area contributed by atoms with E-state index in [1.807, 2.05) is 24.3 Å². The van der Waals surface area contributed by atoms with Crippen LogP contribution < -0.4 is 10.3 Å². The highest BCUT2D eigenvalue weighted by atomic mass is 35.5. The third kappa shape index (κ3) is 7.46. The summed E-state index contributed by atoms with van der Waals surface area (Å²) in [5.74, 6) is -0.876. The largest absolute Gasteiger partial charge is 0.495 e. The fourth-order valence-electron chi connectivity index (χ4n) is 5.41. The number of benzene rings is 3. The number of rotatable bonds is 13. The summed E-state index contributed by atoms with van der Waals surface area (Å²) in [7, 11) is 1.44. The number of pyridine rings is 1. The van der Waals surface area contributed by atoms with E-state index in [0.29, 0.717) is 33.7 Å². The molecule has 0 amide bonds. The summed E-state index contributed by atoms with van der Waals surface area (Å²) in [4.78, 5) is 63.6. The number of hydrogen-bond donors (Lipinski definition) is 1. The van der Waals surface area contributed by atoms with Crippen LogP contribution in [0.15, 0.2) is 83.8 Å². The molecule has 1 aliphatic rings. The topological polar surface area (TPSA) is 120 Å². The molecule has 1 aliphatic carbocycles. The number of carbonyl (C=O) groups excluding carboxylic acids is 3. The molecule has 1 unspecified atom stereocenters. The summed E-state index contributed by atoms with van der Waals surface area (Å²) in [6.45, 7) is 1.42. The van der Waals surface area contributed by atoms with Crippen molar-refractivity contribution < 1.29 is 29.0 Å². The van der Waals surface area contributed by atoms with Gasteiger partial charge >= 0.3 is 5.97 Å². The number of nitrogens with zero attached hydrogens (tertiary/aromatic N) is 1. The molecule has 1 fully saturated rings. The van der Waals surface area contributed by atoms with Crippen LogP contribution in [0.25, 0.3) is 11.1 Å². The monoisotopic (exact) mass is 625 g/mol. The van der Waals surface area contributed by atoms with Crippen molar-refractivity contribution in [2.75, 3.05) is 7.11 Å². The quantitative estimate of drug-likeness (QED) is 0.176. The van der Waals surface area contributed by atoms with Gasteiger partial charge in [0.05, 0.1) is 24.9 Å². The standard InChI is InChI=1S/C36H32ClNO7/c1-21(39)28-14-13-27(37)18-29(28)30-19-35(42)38(20-34(30)45-2)31(33(41)17-24-7-9-26(10-8-24)36(43)44)15-22-3-5-23(6-4-22)16-32(40)25-11-12-25/h3-10,13-14,18-20,25,31H,11-12,15-17H2,1-2H3,(H,43,44). The molecule has 230 valence electrons. The highest BCUT2D eigenvalue weighted by Crippen LogP contribution is 2.34. The summed E-state index contributed by atoms with van der Waals surface area (Å²) < 4.78 is 7.00. The van der Waals surface area contributed by atoms with Crippen molar-refractivity contribution >= 4 is 34.9 Å². The maximum atomic E-state index is 13.9. The first-order valence-electron chi connectivity index (χ1n) is 14.6. The summed E-state index contributed by atoms with van der Waals surface area (Å²) in [6, 6.07) is 18.7. The van der Waals surface area contributed by atoms with E-state index in [1.165, 1.54) is 43.0 Å². The van der Waals surface area contributed by atoms with E-state index in [9.17, 15) is 29.1 Å². The molecular weight excluding hydrogens is 594 g/mol. The lowest BCUT2D eigenvalue weighted by Gasteiger charge is -2.22. The van der Waals surface area contributed by atoms with Crippen molar-refractivity contribution in [3.05, 3.63) is 122 Å². The number of aromatic carboxylic acids is 1. The van der Waals surface area contributed by atoms with E-state index in [1.54, 1.807) is 30.3 Å². The van der Waals surface area contributed by atoms with Gasteiger partial charge in [0.15, 0.2) is 11.6 Å². The number of carbonyl (C=O) groups is 4. The van der Waals surface area contributed by atoms with E-state index >= 15 is 0 Å². The maximum absolute atomic E-state index is 13.9. The highest BCUT2D eigenvalue weighted by Gasteiger charge is 2.29. The Bertz CT molecular complexity index is 1840. The van der Waals surface area contributed by atoms with E-state index in [-0.39, 0.29) is 47.4 Å². The van der Waals surface area contributed by atoms with Crippen LogP contribution in [-0.2, 0) is 28.9 Å². The minimum atomic E-state index is -1.07. The number of Topliss-reactive ketones (excluding diaryl/α,β-unsaturated/α-hetero) is 3. The third-order valence-corrected chi connectivity index (χ3v) is 8.30. The van der Waals surface area contributed by atoms with Crippen molar-refractivity contribution in [3.63, 3.8) is 0 Å². The van der Waals surface area contributed by atoms with Gasteiger partial charge in [0.25, 0.3) is 5.56 Å². The second kappa shape index (κ2) is 13.4. The molecule has 1 N–H and O–H groups in total. The van der Waals surface area contributed by atoms with Crippen LogP contribution in [0.1, 0.15) is 63.2 Å². The predicted octanol–water partition coefficient (Wildman–Crippen LogP) is 6.20. The van der Waals surface area contributed by atoms with E-state index in [2.05, 4.69) is 0 Å². The Hall–Kier alpha value is -4.82. The molecule has 0 aliphatic heterocycles. The molecule has 3 aromatic carbocycles. The molecule has 1 heterocycles. The average Bonchev–Trinajstić information content (AvgIpc) is 3.87. The molecule has 0 bridgehead atoms. The minimum Gasteiger partial charge on any atom is -0.495 e. The van der Waals surface area contributed by atoms with Gasteiger partial charge in [-0.3, -0.25) is 19.2 Å². The Morgan fingerprint density at radius 1 is 0.889 bits per heavy atom. The van der Waals surface area contributed by atoms with E-state index < -0.39 is 17.6 Å². The smallest absolute Gasteiger partial charge is 0.335 e. The molecule has 4 aromatic rings. The molecule has 1 atom stereocenters. The lowest BCUT2D eigenvalue weighted by molar-refractivity contribution is -0.121. The van der Waals surface area contributed by atoms with E-state index in [4.69, 9.17) is 16.3 Å². The second-order valence-corrected chi connectivity index (χ2v) is 11.8. The maximum Gasteiger partial charge on any atom is 0.335 e. The van der Waals surface area contributed by atoms with Crippen molar-refractivity contribution in [2.45, 2.75) is 45.1 Å². The Balaban J connectivity index is 1.52. The zero-order valence-corrected chi connectivity index (χ0v) is 25.7. The van der Waals surface area contributed by atoms with Gasteiger partial charge in [0.1, 0.15) is 11.5 Å². The van der Waals surface area contributed by atoms with E-state index in [0.717, 1.165) is 24.0 Å². The number of aromatic nitrogens is 1. The highest BCUT2D eigenvalue weighted by molar-refractivity contribution is 6.31. The molecule has 1 saturated carbocycles. The van der Waals surface area contributed by atoms with Crippen molar-refractivity contribution in [2.24, 2.45) is 5.92 Å². The van der Waals surface area contributed by atoms with Gasteiger partial charge in [0.2, 0.25) is 0 Å². The molecule has 8 nitrogen and oxygen atoms in total. The fourth-order valence-corrected chi connectivity index (χ4v) is 5.58. The Kier molecular flexibility index (Phi) is 9.44. The zero-order valence-electron chi connectivity index (χ0n) is 24.9. The van der Waals surface area contributed by atoms with Crippen LogP contribution >= 0.6 is 11.6 Å². The summed E-state index contributed by atoms with van der Waals surface area (Å²) in [6.07, 6.45) is 3.87. The number of hydrogen-bond acceptors (Lipinski definition) is 6. The van der Waals surface area contributed by atoms with Crippen LogP contribution in [0.3, 0.4) is 0 Å². The molecule has 0 saturated heterocycles. The summed E-state index contributed by atoms with van der Waals surface area (Å²) in [5, 5.41) is 9.62. The molecule has 1 aromatic heterocycles. The molecule has 45 heavy (non-hydrogen) atoms. The zero-order chi connectivity index (χ0) is 32.2. The van der Waals surface area contributed by atoms with Gasteiger partial charge in [-0.2, -0.15) is 0 Å². The third-order valence-electron chi connectivity index (χ3n) is 8.06. The lowest BCUT2D eigenvalue weighted by atomic mass is 9.94. The Labute approximate surface area is 265 Å². The van der Waals surface area contributed by atoms with Crippen LogP contribution in [0, 0.1) is 5.92 Å². The Morgan fingerprint density at radius 3 is 2.11 bits per heavy atom. The number of ketones is 3. The number of carboxylic acids is 1. The fraction of sp³-hybridized carbons (Fsp3) is 0.250. The summed E-state index contributed by atoms with van der Waals surface area (Å²) in [5.41, 5.74) is 3.08. The van der Waals surface area contributed by atoms with Gasteiger partial charge in [-0.05, 0) is 72.4 Å². The molecule has 5 rings (SSSR count).